The molecule has 0 radical (unpaired) electrons. The first-order valence-electron chi connectivity index (χ1n) is 8.95. The first kappa shape index (κ1) is 17.7. The Morgan fingerprint density at radius 3 is 2.32 bits per heavy atom. The molecule has 0 aliphatic carbocycles. The predicted octanol–water partition coefficient (Wildman–Crippen LogP) is 3.16. The van der Waals surface area contributed by atoms with E-state index in [0.29, 0.717) is 60.7 Å². The summed E-state index contributed by atoms with van der Waals surface area (Å²) in [5.74, 6) is 1.96. The van der Waals surface area contributed by atoms with Crippen molar-refractivity contribution in [1.29, 1.82) is 5.26 Å². The van der Waals surface area contributed by atoms with Crippen LogP contribution in [0.15, 0.2) is 42.0 Å². The van der Waals surface area contributed by atoms with Crippen molar-refractivity contribution in [3.8, 4) is 29.1 Å². The Bertz CT molecular complexity index is 977. The van der Waals surface area contributed by atoms with Gasteiger partial charge in [-0.1, -0.05) is 6.07 Å². The second kappa shape index (κ2) is 7.92. The predicted molar refractivity (Wildman–Crippen MR) is 102 cm³/mol. The zero-order valence-corrected chi connectivity index (χ0v) is 15.1. The van der Waals surface area contributed by atoms with Crippen molar-refractivity contribution in [3.05, 3.63) is 47.5 Å². The summed E-state index contributed by atoms with van der Waals surface area (Å²) >= 11 is 0. The SMILES string of the molecule is N#C/C(=C\c1ccc2c(c1)OCCCO2)C(=O)Nc1ccc2c(c1)OCCO2. The third-order valence-corrected chi connectivity index (χ3v) is 4.25. The Balaban J connectivity index is 1.53. The number of ether oxygens (including phenoxy) is 4. The molecule has 4 rings (SSSR count). The Labute approximate surface area is 162 Å². The first-order chi connectivity index (χ1) is 13.7. The molecule has 0 bridgehead atoms. The van der Waals surface area contributed by atoms with Crippen molar-refractivity contribution in [2.24, 2.45) is 0 Å². The molecule has 0 saturated heterocycles. The molecule has 1 amide bonds. The number of nitrogens with one attached hydrogen (secondary N) is 1. The lowest BCUT2D eigenvalue weighted by Gasteiger charge is -2.18. The number of rotatable bonds is 3. The molecule has 0 fully saturated rings. The number of fused-ring (bicyclic) bond motifs is 2. The van der Waals surface area contributed by atoms with Gasteiger partial charge in [0.25, 0.3) is 5.91 Å². The highest BCUT2D eigenvalue weighted by Crippen LogP contribution is 2.33. The molecule has 0 unspecified atom stereocenters. The van der Waals surface area contributed by atoms with Gasteiger partial charge in [0.15, 0.2) is 23.0 Å². The van der Waals surface area contributed by atoms with E-state index in [-0.39, 0.29) is 5.57 Å². The first-order valence-corrected chi connectivity index (χ1v) is 8.95. The molecule has 0 saturated carbocycles. The van der Waals surface area contributed by atoms with Crippen LogP contribution in [0.25, 0.3) is 6.08 Å². The largest absolute Gasteiger partial charge is 0.490 e. The van der Waals surface area contributed by atoms with E-state index < -0.39 is 5.91 Å². The van der Waals surface area contributed by atoms with Gasteiger partial charge < -0.3 is 24.3 Å². The van der Waals surface area contributed by atoms with Crippen LogP contribution < -0.4 is 24.3 Å². The topological polar surface area (TPSA) is 89.8 Å². The summed E-state index contributed by atoms with van der Waals surface area (Å²) < 4.78 is 22.2. The van der Waals surface area contributed by atoms with E-state index in [2.05, 4.69) is 5.32 Å². The van der Waals surface area contributed by atoms with Crippen LogP contribution in [0.2, 0.25) is 0 Å². The van der Waals surface area contributed by atoms with Crippen LogP contribution in [0.4, 0.5) is 5.69 Å². The van der Waals surface area contributed by atoms with Gasteiger partial charge in [0.2, 0.25) is 0 Å². The highest BCUT2D eigenvalue weighted by molar-refractivity contribution is 6.09. The summed E-state index contributed by atoms with van der Waals surface area (Å²) in [7, 11) is 0. The van der Waals surface area contributed by atoms with Crippen molar-refractivity contribution < 1.29 is 23.7 Å². The molecule has 7 nitrogen and oxygen atoms in total. The maximum atomic E-state index is 12.5. The maximum Gasteiger partial charge on any atom is 0.266 e. The van der Waals surface area contributed by atoms with Crippen LogP contribution in [0.5, 0.6) is 23.0 Å². The quantitative estimate of drug-likeness (QED) is 0.652. The molecule has 1 N–H and O–H groups in total. The lowest BCUT2D eigenvalue weighted by Crippen LogP contribution is -2.17. The molecule has 2 aliphatic rings. The summed E-state index contributed by atoms with van der Waals surface area (Å²) in [4.78, 5) is 12.5. The van der Waals surface area contributed by atoms with Gasteiger partial charge in [0.1, 0.15) is 24.9 Å². The molecule has 2 aromatic rings. The van der Waals surface area contributed by atoms with E-state index in [9.17, 15) is 10.1 Å². The summed E-state index contributed by atoms with van der Waals surface area (Å²) in [5, 5.41) is 12.1. The van der Waals surface area contributed by atoms with Crippen molar-refractivity contribution in [3.63, 3.8) is 0 Å². The smallest absolute Gasteiger partial charge is 0.266 e. The molecule has 0 aromatic heterocycles. The second-order valence-electron chi connectivity index (χ2n) is 6.24. The van der Waals surface area contributed by atoms with E-state index >= 15 is 0 Å². The van der Waals surface area contributed by atoms with E-state index in [1.165, 1.54) is 6.08 Å². The number of amides is 1. The van der Waals surface area contributed by atoms with Gasteiger partial charge in [0, 0.05) is 18.2 Å². The minimum Gasteiger partial charge on any atom is -0.490 e. The molecule has 142 valence electrons. The number of carbonyl (C=O) groups excluding carboxylic acids is 1. The molecule has 0 atom stereocenters. The lowest BCUT2D eigenvalue weighted by molar-refractivity contribution is -0.112. The Morgan fingerprint density at radius 2 is 1.54 bits per heavy atom. The maximum absolute atomic E-state index is 12.5. The van der Waals surface area contributed by atoms with Gasteiger partial charge in [-0.15, -0.1) is 0 Å². The fraction of sp³-hybridized carbons (Fsp3) is 0.238. The number of nitriles is 1. The summed E-state index contributed by atoms with van der Waals surface area (Å²) in [6.07, 6.45) is 2.32. The fourth-order valence-corrected chi connectivity index (χ4v) is 2.90. The van der Waals surface area contributed by atoms with Crippen molar-refractivity contribution in [2.75, 3.05) is 31.7 Å². The van der Waals surface area contributed by atoms with Crippen LogP contribution in [-0.4, -0.2) is 32.3 Å². The van der Waals surface area contributed by atoms with Crippen molar-refractivity contribution in [2.45, 2.75) is 6.42 Å². The van der Waals surface area contributed by atoms with Crippen molar-refractivity contribution in [1.82, 2.24) is 0 Å². The van der Waals surface area contributed by atoms with E-state index in [4.69, 9.17) is 18.9 Å². The fourth-order valence-electron chi connectivity index (χ4n) is 2.90. The Morgan fingerprint density at radius 1 is 0.893 bits per heavy atom. The summed E-state index contributed by atoms with van der Waals surface area (Å²) in [5.41, 5.74) is 1.18. The summed E-state index contributed by atoms with van der Waals surface area (Å²) in [6.45, 7) is 2.12. The molecular weight excluding hydrogens is 360 g/mol. The minimum absolute atomic E-state index is 0.0237. The molecule has 2 heterocycles. The highest BCUT2D eigenvalue weighted by atomic mass is 16.6. The molecule has 7 heteroatoms. The third-order valence-electron chi connectivity index (χ3n) is 4.25. The Hall–Kier alpha value is -3.66. The number of anilines is 1. The average Bonchev–Trinajstić information content (AvgIpc) is 2.96. The van der Waals surface area contributed by atoms with Gasteiger partial charge in [-0.25, -0.2) is 0 Å². The van der Waals surface area contributed by atoms with E-state index in [0.717, 1.165) is 6.42 Å². The van der Waals surface area contributed by atoms with Gasteiger partial charge in [-0.05, 0) is 35.9 Å². The summed E-state index contributed by atoms with van der Waals surface area (Å²) in [6, 6.07) is 12.4. The van der Waals surface area contributed by atoms with Crippen LogP contribution in [0, 0.1) is 11.3 Å². The zero-order chi connectivity index (χ0) is 19.3. The minimum atomic E-state index is -0.508. The lowest BCUT2D eigenvalue weighted by atomic mass is 10.1. The number of hydrogen-bond acceptors (Lipinski definition) is 6. The molecule has 2 aromatic carbocycles. The van der Waals surface area contributed by atoms with Crippen LogP contribution in [0.1, 0.15) is 12.0 Å². The molecule has 2 aliphatic heterocycles. The monoisotopic (exact) mass is 378 g/mol. The third kappa shape index (κ3) is 3.86. The highest BCUT2D eigenvalue weighted by Gasteiger charge is 2.15. The zero-order valence-electron chi connectivity index (χ0n) is 15.1. The van der Waals surface area contributed by atoms with Gasteiger partial charge in [-0.3, -0.25) is 4.79 Å². The van der Waals surface area contributed by atoms with Crippen LogP contribution >= 0.6 is 0 Å². The number of nitrogens with zero attached hydrogens (tertiary/aromatic N) is 1. The van der Waals surface area contributed by atoms with Crippen molar-refractivity contribution >= 4 is 17.7 Å². The average molecular weight is 378 g/mol. The van der Waals surface area contributed by atoms with Gasteiger partial charge >= 0.3 is 0 Å². The second-order valence-corrected chi connectivity index (χ2v) is 6.24. The Kier molecular flexibility index (Phi) is 5.02. The van der Waals surface area contributed by atoms with Crippen LogP contribution in [0.3, 0.4) is 0 Å². The van der Waals surface area contributed by atoms with E-state index in [1.54, 1.807) is 36.4 Å². The number of carbonyl (C=O) groups is 1. The normalized spacial score (nSPS) is 15.2. The molecular formula is C21H18N2O5. The van der Waals surface area contributed by atoms with Crippen LogP contribution in [-0.2, 0) is 4.79 Å². The number of hydrogen-bond donors (Lipinski definition) is 1. The molecule has 0 spiro atoms. The van der Waals surface area contributed by atoms with E-state index in [1.807, 2.05) is 6.07 Å². The molecule has 28 heavy (non-hydrogen) atoms. The number of benzene rings is 2. The van der Waals surface area contributed by atoms with Gasteiger partial charge in [-0.2, -0.15) is 5.26 Å². The van der Waals surface area contributed by atoms with Gasteiger partial charge in [0.05, 0.1) is 13.2 Å². The standard InChI is InChI=1S/C21H18N2O5/c22-13-15(10-14-2-4-17-19(11-14)26-7-1-6-25-17)21(24)23-16-3-5-18-20(12-16)28-9-8-27-18/h2-5,10-12H,1,6-9H2,(H,23,24)/b15-10+.